The number of hydrogen-bond donors (Lipinski definition) is 3. The molecule has 0 aliphatic heterocycles. The second-order valence-corrected chi connectivity index (χ2v) is 3.42. The van der Waals surface area contributed by atoms with Crippen molar-refractivity contribution in [3.8, 4) is 0 Å². The van der Waals surface area contributed by atoms with Gasteiger partial charge in [0.1, 0.15) is 5.82 Å². The van der Waals surface area contributed by atoms with Crippen molar-refractivity contribution in [1.82, 2.24) is 20.6 Å². The van der Waals surface area contributed by atoms with E-state index in [-0.39, 0.29) is 11.9 Å². The number of ether oxygens (including phenoxy) is 1. The molecule has 1 amide bonds. The summed E-state index contributed by atoms with van der Waals surface area (Å²) < 4.78 is 4.84. The highest BCUT2D eigenvalue weighted by Crippen LogP contribution is 1.89. The zero-order valence-electron chi connectivity index (χ0n) is 9.62. The highest BCUT2D eigenvalue weighted by Gasteiger charge is 2.11. The van der Waals surface area contributed by atoms with E-state index in [0.717, 1.165) is 5.82 Å². The standard InChI is InChI=1S/C10H18N4O2/c1-8(10(15)13-5-6-16-2)14-7-9-11-3-4-12-9/h3-4,8,14H,5-7H2,1-2H3,(H,11,12)(H,13,15). The van der Waals surface area contributed by atoms with Crippen LogP contribution in [-0.2, 0) is 16.1 Å². The maximum Gasteiger partial charge on any atom is 0.236 e. The normalized spacial score (nSPS) is 12.4. The second-order valence-electron chi connectivity index (χ2n) is 3.42. The third kappa shape index (κ3) is 4.41. The van der Waals surface area contributed by atoms with Gasteiger partial charge < -0.3 is 15.0 Å². The zero-order valence-corrected chi connectivity index (χ0v) is 9.62. The highest BCUT2D eigenvalue weighted by atomic mass is 16.5. The van der Waals surface area contributed by atoms with Gasteiger partial charge in [0.2, 0.25) is 5.91 Å². The smallest absolute Gasteiger partial charge is 0.236 e. The second kappa shape index (κ2) is 6.97. The Morgan fingerprint density at radius 1 is 1.69 bits per heavy atom. The summed E-state index contributed by atoms with van der Waals surface area (Å²) in [5, 5.41) is 5.82. The molecule has 0 aliphatic rings. The average molecular weight is 226 g/mol. The lowest BCUT2D eigenvalue weighted by molar-refractivity contribution is -0.123. The first-order valence-electron chi connectivity index (χ1n) is 5.22. The summed E-state index contributed by atoms with van der Waals surface area (Å²) in [6, 6.07) is -0.248. The molecule has 16 heavy (non-hydrogen) atoms. The van der Waals surface area contributed by atoms with E-state index in [0.29, 0.717) is 19.7 Å². The summed E-state index contributed by atoms with van der Waals surface area (Å²) in [4.78, 5) is 18.5. The minimum absolute atomic E-state index is 0.0383. The van der Waals surface area contributed by atoms with Gasteiger partial charge >= 0.3 is 0 Å². The van der Waals surface area contributed by atoms with E-state index < -0.39 is 0 Å². The van der Waals surface area contributed by atoms with Crippen molar-refractivity contribution in [2.24, 2.45) is 0 Å². The fourth-order valence-corrected chi connectivity index (χ4v) is 1.17. The topological polar surface area (TPSA) is 79.0 Å². The third-order valence-electron chi connectivity index (χ3n) is 2.13. The molecule has 6 nitrogen and oxygen atoms in total. The molecule has 1 unspecified atom stereocenters. The molecule has 0 saturated heterocycles. The minimum atomic E-state index is -0.248. The number of amides is 1. The number of rotatable bonds is 7. The number of aromatic nitrogens is 2. The number of imidazole rings is 1. The zero-order chi connectivity index (χ0) is 11.8. The summed E-state index contributed by atoms with van der Waals surface area (Å²) in [6.07, 6.45) is 3.43. The Kier molecular flexibility index (Phi) is 5.52. The summed E-state index contributed by atoms with van der Waals surface area (Å²) in [7, 11) is 1.60. The predicted octanol–water partition coefficient (Wildman–Crippen LogP) is -0.350. The Balaban J connectivity index is 2.18. The maximum atomic E-state index is 11.5. The van der Waals surface area contributed by atoms with Gasteiger partial charge in [0.15, 0.2) is 0 Å². The van der Waals surface area contributed by atoms with E-state index in [4.69, 9.17) is 4.74 Å². The first-order valence-corrected chi connectivity index (χ1v) is 5.22. The van der Waals surface area contributed by atoms with Crippen LogP contribution in [-0.4, -0.2) is 42.2 Å². The number of hydrogen-bond acceptors (Lipinski definition) is 4. The largest absolute Gasteiger partial charge is 0.383 e. The van der Waals surface area contributed by atoms with Crippen LogP contribution in [0, 0.1) is 0 Å². The molecule has 1 heterocycles. The van der Waals surface area contributed by atoms with Gasteiger partial charge in [-0.2, -0.15) is 0 Å². The monoisotopic (exact) mass is 226 g/mol. The molecule has 1 aromatic heterocycles. The van der Waals surface area contributed by atoms with Crippen LogP contribution in [0.1, 0.15) is 12.7 Å². The SMILES string of the molecule is COCCNC(=O)C(C)NCc1ncc[nH]1. The van der Waals surface area contributed by atoms with E-state index >= 15 is 0 Å². The Labute approximate surface area is 94.8 Å². The van der Waals surface area contributed by atoms with Crippen molar-refractivity contribution in [2.75, 3.05) is 20.3 Å². The fraction of sp³-hybridized carbons (Fsp3) is 0.600. The van der Waals surface area contributed by atoms with Crippen LogP contribution < -0.4 is 10.6 Å². The molecule has 0 radical (unpaired) electrons. The van der Waals surface area contributed by atoms with Gasteiger partial charge in [-0.1, -0.05) is 0 Å². The van der Waals surface area contributed by atoms with E-state index in [9.17, 15) is 4.79 Å². The molecule has 6 heteroatoms. The van der Waals surface area contributed by atoms with Crippen molar-refractivity contribution in [1.29, 1.82) is 0 Å². The van der Waals surface area contributed by atoms with Crippen LogP contribution in [0.4, 0.5) is 0 Å². The lowest BCUT2D eigenvalue weighted by Crippen LogP contribution is -2.42. The molecule has 0 aliphatic carbocycles. The van der Waals surface area contributed by atoms with E-state index in [1.165, 1.54) is 0 Å². The number of aromatic amines is 1. The Morgan fingerprint density at radius 2 is 2.50 bits per heavy atom. The predicted molar refractivity (Wildman–Crippen MR) is 59.8 cm³/mol. The van der Waals surface area contributed by atoms with Gasteiger partial charge in [0.05, 0.1) is 19.2 Å². The van der Waals surface area contributed by atoms with Crippen LogP contribution >= 0.6 is 0 Å². The van der Waals surface area contributed by atoms with Crippen molar-refractivity contribution in [2.45, 2.75) is 19.5 Å². The van der Waals surface area contributed by atoms with Crippen LogP contribution in [0.5, 0.6) is 0 Å². The average Bonchev–Trinajstić information content (AvgIpc) is 2.79. The lowest BCUT2D eigenvalue weighted by Gasteiger charge is -2.12. The Hall–Kier alpha value is -1.40. The quantitative estimate of drug-likeness (QED) is 0.555. The van der Waals surface area contributed by atoms with Gasteiger partial charge in [-0.05, 0) is 6.92 Å². The molecule has 0 spiro atoms. The van der Waals surface area contributed by atoms with Gasteiger partial charge in [0.25, 0.3) is 0 Å². The number of carbonyl (C=O) groups excluding carboxylic acids is 1. The van der Waals surface area contributed by atoms with Crippen molar-refractivity contribution >= 4 is 5.91 Å². The van der Waals surface area contributed by atoms with Crippen molar-refractivity contribution < 1.29 is 9.53 Å². The Bertz CT molecular complexity index is 300. The van der Waals surface area contributed by atoms with E-state index in [1.807, 2.05) is 6.92 Å². The third-order valence-corrected chi connectivity index (χ3v) is 2.13. The van der Waals surface area contributed by atoms with E-state index in [1.54, 1.807) is 19.5 Å². The molecule has 1 aromatic rings. The molecule has 0 saturated carbocycles. The van der Waals surface area contributed by atoms with Gasteiger partial charge in [-0.15, -0.1) is 0 Å². The van der Waals surface area contributed by atoms with Crippen molar-refractivity contribution in [3.05, 3.63) is 18.2 Å². The molecule has 0 aromatic carbocycles. The molecule has 3 N–H and O–H groups in total. The molecule has 0 fully saturated rings. The number of H-pyrrole nitrogens is 1. The van der Waals surface area contributed by atoms with Crippen LogP contribution in [0.3, 0.4) is 0 Å². The number of nitrogens with zero attached hydrogens (tertiary/aromatic N) is 1. The van der Waals surface area contributed by atoms with Crippen LogP contribution in [0.15, 0.2) is 12.4 Å². The summed E-state index contributed by atoms with van der Waals surface area (Å²) in [5.74, 6) is 0.778. The van der Waals surface area contributed by atoms with Gasteiger partial charge in [0, 0.05) is 26.0 Å². The summed E-state index contributed by atoms with van der Waals surface area (Å²) >= 11 is 0. The van der Waals surface area contributed by atoms with E-state index in [2.05, 4.69) is 20.6 Å². The molecule has 1 atom stereocenters. The molecule has 90 valence electrons. The lowest BCUT2D eigenvalue weighted by atomic mass is 10.3. The molecular weight excluding hydrogens is 208 g/mol. The Morgan fingerprint density at radius 3 is 3.12 bits per heavy atom. The molecule has 1 rings (SSSR count). The number of carbonyl (C=O) groups is 1. The highest BCUT2D eigenvalue weighted by molar-refractivity contribution is 5.81. The first kappa shape index (κ1) is 12.7. The summed E-state index contributed by atoms with van der Waals surface area (Å²) in [5.41, 5.74) is 0. The summed E-state index contributed by atoms with van der Waals surface area (Å²) in [6.45, 7) is 3.41. The molecular formula is C10H18N4O2. The van der Waals surface area contributed by atoms with Crippen LogP contribution in [0.2, 0.25) is 0 Å². The van der Waals surface area contributed by atoms with Gasteiger partial charge in [-0.3, -0.25) is 10.1 Å². The number of methoxy groups -OCH3 is 1. The number of nitrogens with one attached hydrogen (secondary N) is 3. The minimum Gasteiger partial charge on any atom is -0.383 e. The van der Waals surface area contributed by atoms with Crippen molar-refractivity contribution in [3.63, 3.8) is 0 Å². The van der Waals surface area contributed by atoms with Crippen LogP contribution in [0.25, 0.3) is 0 Å². The first-order chi connectivity index (χ1) is 7.74. The fourth-order valence-electron chi connectivity index (χ4n) is 1.17. The molecule has 0 bridgehead atoms. The maximum absolute atomic E-state index is 11.5. The van der Waals surface area contributed by atoms with Gasteiger partial charge in [-0.25, -0.2) is 4.98 Å².